The quantitative estimate of drug-likeness (QED) is 0.525. The Morgan fingerprint density at radius 2 is 2.06 bits per heavy atom. The third kappa shape index (κ3) is 5.21. The van der Waals surface area contributed by atoms with Gasteiger partial charge in [-0.25, -0.2) is 9.97 Å². The number of nitrogens with one attached hydrogen (secondary N) is 1. The van der Waals surface area contributed by atoms with E-state index in [2.05, 4.69) is 15.0 Å². The lowest BCUT2D eigenvalue weighted by Gasteiger charge is -2.33. The molecule has 1 saturated heterocycles. The molecule has 0 radical (unpaired) electrons. The van der Waals surface area contributed by atoms with E-state index in [1.165, 1.54) is 12.1 Å². The van der Waals surface area contributed by atoms with E-state index < -0.39 is 11.7 Å². The van der Waals surface area contributed by atoms with Gasteiger partial charge >= 0.3 is 6.18 Å². The van der Waals surface area contributed by atoms with Gasteiger partial charge in [0.2, 0.25) is 5.91 Å². The summed E-state index contributed by atoms with van der Waals surface area (Å²) < 4.78 is 45.8. The topological polar surface area (TPSA) is 118 Å². The van der Waals surface area contributed by atoms with Crippen LogP contribution in [-0.4, -0.2) is 75.2 Å². The summed E-state index contributed by atoms with van der Waals surface area (Å²) in [6.45, 7) is 3.43. The Balaban J connectivity index is 1.64. The molecule has 0 aliphatic carbocycles. The Hall–Kier alpha value is -3.69. The van der Waals surface area contributed by atoms with Crippen LogP contribution in [0, 0.1) is 11.3 Å². The number of aliphatic hydroxyl groups excluding tert-OH is 1. The zero-order valence-corrected chi connectivity index (χ0v) is 18.9. The highest BCUT2D eigenvalue weighted by atomic mass is 19.4. The highest BCUT2D eigenvalue weighted by molar-refractivity contribution is 5.84. The number of halogens is 3. The van der Waals surface area contributed by atoms with Crippen LogP contribution in [-0.2, 0) is 17.5 Å². The van der Waals surface area contributed by atoms with E-state index in [0.29, 0.717) is 43.0 Å². The second-order valence-corrected chi connectivity index (χ2v) is 8.00. The van der Waals surface area contributed by atoms with E-state index in [9.17, 15) is 23.2 Å². The van der Waals surface area contributed by atoms with Crippen LogP contribution in [0.2, 0.25) is 0 Å². The number of hydrogen-bond acceptors (Lipinski definition) is 7. The highest BCUT2D eigenvalue weighted by Gasteiger charge is 2.35. The maximum atomic E-state index is 13.6. The zero-order valence-electron chi connectivity index (χ0n) is 18.9. The standard InChI is InChI=1S/C23H23F3N6O3/c1-2-35-19-4-3-14(9-15(19)23(24,25)26)16-10-17-22(18(11-27)28-16)30-20(29-17)12-31-5-6-32(7-8-33)21(34)13-31/h3-4,9-10,33H,2,5-8,12-13H2,1H3,(H,29,30). The fourth-order valence-electron chi connectivity index (χ4n) is 4.02. The Labute approximate surface area is 198 Å². The third-order valence-corrected chi connectivity index (χ3v) is 5.65. The van der Waals surface area contributed by atoms with Gasteiger partial charge in [0, 0.05) is 25.2 Å². The highest BCUT2D eigenvalue weighted by Crippen LogP contribution is 2.39. The molecule has 1 aromatic carbocycles. The molecular weight excluding hydrogens is 465 g/mol. The summed E-state index contributed by atoms with van der Waals surface area (Å²) in [6, 6.07) is 7.17. The van der Waals surface area contributed by atoms with E-state index >= 15 is 0 Å². The number of H-pyrrole nitrogens is 1. The molecule has 12 heteroatoms. The number of alkyl halides is 3. The molecule has 0 spiro atoms. The summed E-state index contributed by atoms with van der Waals surface area (Å²) in [5.74, 6) is 0.128. The van der Waals surface area contributed by atoms with Gasteiger partial charge in [-0.1, -0.05) is 0 Å². The average molecular weight is 488 g/mol. The van der Waals surface area contributed by atoms with Crippen LogP contribution in [0.5, 0.6) is 5.75 Å². The first-order valence-corrected chi connectivity index (χ1v) is 11.0. The van der Waals surface area contributed by atoms with Gasteiger partial charge in [0.25, 0.3) is 0 Å². The number of pyridine rings is 1. The monoisotopic (exact) mass is 488 g/mol. The van der Waals surface area contributed by atoms with Gasteiger partial charge in [0.1, 0.15) is 23.2 Å². The molecule has 35 heavy (non-hydrogen) atoms. The van der Waals surface area contributed by atoms with Crippen molar-refractivity contribution in [2.75, 3.05) is 39.4 Å². The normalized spacial score (nSPS) is 15.0. The molecule has 9 nitrogen and oxygen atoms in total. The molecular formula is C23H23F3N6O3. The summed E-state index contributed by atoms with van der Waals surface area (Å²) >= 11 is 0. The Morgan fingerprint density at radius 3 is 2.71 bits per heavy atom. The predicted octanol–water partition coefficient (Wildman–Crippen LogP) is 2.55. The molecule has 184 valence electrons. The van der Waals surface area contributed by atoms with Crippen LogP contribution in [0.4, 0.5) is 13.2 Å². The van der Waals surface area contributed by atoms with Crippen LogP contribution in [0.3, 0.4) is 0 Å². The van der Waals surface area contributed by atoms with Gasteiger partial charge in [-0.05, 0) is 31.2 Å². The number of rotatable bonds is 7. The number of aliphatic hydroxyl groups is 1. The number of benzene rings is 1. The minimum Gasteiger partial charge on any atom is -0.493 e. The van der Waals surface area contributed by atoms with Crippen LogP contribution in [0.15, 0.2) is 24.3 Å². The number of hydrogen-bond donors (Lipinski definition) is 2. The minimum atomic E-state index is -4.62. The molecule has 0 bridgehead atoms. The van der Waals surface area contributed by atoms with E-state index in [-0.39, 0.29) is 48.4 Å². The van der Waals surface area contributed by atoms with Crippen molar-refractivity contribution in [2.24, 2.45) is 0 Å². The van der Waals surface area contributed by atoms with Crippen molar-refractivity contribution < 1.29 is 27.8 Å². The summed E-state index contributed by atoms with van der Waals surface area (Å²) in [5.41, 5.74) is 0.179. The largest absolute Gasteiger partial charge is 0.493 e. The molecule has 0 atom stereocenters. The number of nitriles is 1. The molecule has 1 aliphatic rings. The summed E-state index contributed by atoms with van der Waals surface area (Å²) in [4.78, 5) is 27.5. The molecule has 0 saturated carbocycles. The number of aromatic amines is 1. The molecule has 1 aliphatic heterocycles. The van der Waals surface area contributed by atoms with Crippen molar-refractivity contribution in [3.05, 3.63) is 41.3 Å². The van der Waals surface area contributed by atoms with Crippen molar-refractivity contribution in [1.29, 1.82) is 5.26 Å². The molecule has 2 N–H and O–H groups in total. The fraction of sp³-hybridized carbons (Fsp3) is 0.391. The number of aromatic nitrogens is 3. The van der Waals surface area contributed by atoms with Gasteiger partial charge in [0.15, 0.2) is 5.69 Å². The van der Waals surface area contributed by atoms with Crippen LogP contribution in [0.25, 0.3) is 22.3 Å². The summed E-state index contributed by atoms with van der Waals surface area (Å²) in [5, 5.41) is 18.7. The van der Waals surface area contributed by atoms with Gasteiger partial charge in [-0.2, -0.15) is 18.4 Å². The first-order chi connectivity index (χ1) is 16.7. The van der Waals surface area contributed by atoms with Gasteiger partial charge in [-0.3, -0.25) is 9.69 Å². The number of imidazole rings is 1. The third-order valence-electron chi connectivity index (χ3n) is 5.65. The first-order valence-electron chi connectivity index (χ1n) is 11.0. The lowest BCUT2D eigenvalue weighted by Crippen LogP contribution is -2.50. The zero-order chi connectivity index (χ0) is 25.2. The maximum absolute atomic E-state index is 13.6. The Bertz CT molecular complexity index is 1280. The lowest BCUT2D eigenvalue weighted by molar-refractivity contribution is -0.139. The van der Waals surface area contributed by atoms with E-state index in [0.717, 1.165) is 6.07 Å². The van der Waals surface area contributed by atoms with E-state index in [1.54, 1.807) is 17.9 Å². The fourth-order valence-corrected chi connectivity index (χ4v) is 4.02. The van der Waals surface area contributed by atoms with Gasteiger partial charge in [0.05, 0.1) is 43.1 Å². The number of β-amino-alcohol motifs (C(OH)–C–C–N with tert-alkyl or cyclic N) is 1. The van der Waals surface area contributed by atoms with Gasteiger partial charge in [-0.15, -0.1) is 0 Å². The molecule has 4 rings (SSSR count). The SMILES string of the molecule is CCOc1ccc(-c2cc3[nH]c(CN4CCN(CCO)C(=O)C4)nc3c(C#N)n2)cc1C(F)(F)F. The van der Waals surface area contributed by atoms with Crippen LogP contribution < -0.4 is 4.74 Å². The molecule has 2 aromatic heterocycles. The Morgan fingerprint density at radius 1 is 1.26 bits per heavy atom. The van der Waals surface area contributed by atoms with Crippen molar-refractivity contribution in [3.8, 4) is 23.1 Å². The second kappa shape index (κ2) is 9.89. The van der Waals surface area contributed by atoms with Crippen molar-refractivity contribution >= 4 is 16.9 Å². The number of piperazine rings is 1. The predicted molar refractivity (Wildman–Crippen MR) is 119 cm³/mol. The molecule has 1 amide bonds. The van der Waals surface area contributed by atoms with E-state index in [4.69, 9.17) is 9.84 Å². The maximum Gasteiger partial charge on any atom is 0.419 e. The van der Waals surface area contributed by atoms with Crippen molar-refractivity contribution in [1.82, 2.24) is 24.8 Å². The second-order valence-electron chi connectivity index (χ2n) is 8.00. The number of amides is 1. The number of nitrogens with zero attached hydrogens (tertiary/aromatic N) is 5. The first kappa shape index (κ1) is 24.4. The summed E-state index contributed by atoms with van der Waals surface area (Å²) in [7, 11) is 0. The minimum absolute atomic E-state index is 0.0220. The number of carbonyl (C=O) groups excluding carboxylic acids is 1. The number of fused-ring (bicyclic) bond motifs is 1. The lowest BCUT2D eigenvalue weighted by atomic mass is 10.1. The van der Waals surface area contributed by atoms with Crippen molar-refractivity contribution in [3.63, 3.8) is 0 Å². The van der Waals surface area contributed by atoms with Gasteiger partial charge < -0.3 is 19.7 Å². The molecule has 3 heterocycles. The smallest absolute Gasteiger partial charge is 0.419 e. The Kier molecular flexibility index (Phi) is 6.90. The van der Waals surface area contributed by atoms with Crippen LogP contribution >= 0.6 is 0 Å². The van der Waals surface area contributed by atoms with E-state index in [1.807, 2.05) is 11.0 Å². The van der Waals surface area contributed by atoms with Crippen molar-refractivity contribution in [2.45, 2.75) is 19.6 Å². The van der Waals surface area contributed by atoms with Crippen LogP contribution in [0.1, 0.15) is 24.0 Å². The molecule has 0 unspecified atom stereocenters. The average Bonchev–Trinajstić information content (AvgIpc) is 3.22. The number of ether oxygens (including phenoxy) is 1. The summed E-state index contributed by atoms with van der Waals surface area (Å²) in [6.07, 6.45) is -4.62. The molecule has 1 fully saturated rings. The number of carbonyl (C=O) groups is 1. The molecule has 3 aromatic rings.